The zero-order chi connectivity index (χ0) is 21.8. The number of ether oxygens (including phenoxy) is 1. The van der Waals surface area contributed by atoms with E-state index in [9.17, 15) is 18.0 Å². The van der Waals surface area contributed by atoms with Crippen LogP contribution in [0.15, 0.2) is 30.3 Å². The van der Waals surface area contributed by atoms with Gasteiger partial charge in [-0.25, -0.2) is 4.98 Å². The van der Waals surface area contributed by atoms with Crippen LogP contribution in [0.5, 0.6) is 0 Å². The zero-order valence-electron chi connectivity index (χ0n) is 16.3. The van der Waals surface area contributed by atoms with Gasteiger partial charge in [0, 0.05) is 22.6 Å². The molecule has 0 bridgehead atoms. The molecule has 2 aliphatic rings. The highest BCUT2D eigenvalue weighted by molar-refractivity contribution is 5.99. The van der Waals surface area contributed by atoms with Crippen molar-refractivity contribution >= 4 is 22.6 Å². The second-order valence-corrected chi connectivity index (χ2v) is 7.75. The van der Waals surface area contributed by atoms with Gasteiger partial charge in [-0.15, -0.1) is 5.10 Å². The van der Waals surface area contributed by atoms with Gasteiger partial charge < -0.3 is 15.4 Å². The van der Waals surface area contributed by atoms with Gasteiger partial charge >= 0.3 is 6.18 Å². The topological polar surface area (TPSA) is 94.2 Å². The minimum atomic E-state index is -4.55. The third-order valence-electron chi connectivity index (χ3n) is 5.57. The van der Waals surface area contributed by atoms with Crippen LogP contribution in [0.4, 0.5) is 19.0 Å². The average Bonchev–Trinajstić information content (AvgIpc) is 3.46. The molecule has 0 spiro atoms. The molecule has 0 radical (unpaired) electrons. The summed E-state index contributed by atoms with van der Waals surface area (Å²) >= 11 is 0. The summed E-state index contributed by atoms with van der Waals surface area (Å²) in [5.41, 5.74) is 8.19. The van der Waals surface area contributed by atoms with Gasteiger partial charge in [0.15, 0.2) is 5.69 Å². The normalized spacial score (nSPS) is 15.8. The standard InChI is InChI=1S/C21H18F3N5O2/c22-21(23,24)18-6-2-12(27-28-18)8-29(13-3-4-13)20(30)11-1-5-17-14(7-11)15-9-31-10-16(15)19(25)26-17/h1-2,5-7,13H,3-4,8-10H2,(H2,25,26). The van der Waals surface area contributed by atoms with Crippen molar-refractivity contribution in [2.45, 2.75) is 44.8 Å². The number of anilines is 1. The maximum atomic E-state index is 13.3. The van der Waals surface area contributed by atoms with E-state index in [0.29, 0.717) is 35.8 Å². The van der Waals surface area contributed by atoms with E-state index in [1.807, 2.05) is 0 Å². The van der Waals surface area contributed by atoms with E-state index in [4.69, 9.17) is 10.5 Å². The number of carbonyl (C=O) groups excluding carboxylic acids is 1. The van der Waals surface area contributed by atoms with Crippen LogP contribution in [0.25, 0.3) is 10.9 Å². The van der Waals surface area contributed by atoms with Crippen LogP contribution in [0.3, 0.4) is 0 Å². The number of benzene rings is 1. The highest BCUT2D eigenvalue weighted by atomic mass is 19.4. The number of hydrogen-bond acceptors (Lipinski definition) is 6. The van der Waals surface area contributed by atoms with Crippen molar-refractivity contribution in [3.8, 4) is 0 Å². The van der Waals surface area contributed by atoms with E-state index in [2.05, 4.69) is 15.2 Å². The van der Waals surface area contributed by atoms with Crippen molar-refractivity contribution in [3.63, 3.8) is 0 Å². The minimum absolute atomic E-state index is 0.0332. The Morgan fingerprint density at radius 1 is 1.13 bits per heavy atom. The van der Waals surface area contributed by atoms with Crippen LogP contribution in [-0.4, -0.2) is 32.0 Å². The number of nitrogens with two attached hydrogens (primary N) is 1. The Labute approximate surface area is 175 Å². The summed E-state index contributed by atoms with van der Waals surface area (Å²) in [6.07, 6.45) is -2.87. The number of hydrogen-bond donors (Lipinski definition) is 1. The quantitative estimate of drug-likeness (QED) is 0.683. The summed E-state index contributed by atoms with van der Waals surface area (Å²) in [5, 5.41) is 7.75. The monoisotopic (exact) mass is 429 g/mol. The molecule has 7 nitrogen and oxygen atoms in total. The van der Waals surface area contributed by atoms with Crippen LogP contribution >= 0.6 is 0 Å². The molecule has 1 aliphatic carbocycles. The SMILES string of the molecule is Nc1nc2ccc(C(=O)N(Cc3ccc(C(F)(F)F)nn3)C3CC3)cc2c2c1COC2. The summed E-state index contributed by atoms with van der Waals surface area (Å²) in [7, 11) is 0. The molecule has 0 saturated heterocycles. The van der Waals surface area contributed by atoms with Crippen LogP contribution in [0.2, 0.25) is 0 Å². The Morgan fingerprint density at radius 3 is 2.58 bits per heavy atom. The van der Waals surface area contributed by atoms with E-state index in [-0.39, 0.29) is 18.5 Å². The van der Waals surface area contributed by atoms with Crippen LogP contribution in [0.1, 0.15) is 45.7 Å². The number of carbonyl (C=O) groups is 1. The molecule has 31 heavy (non-hydrogen) atoms. The van der Waals surface area contributed by atoms with E-state index in [1.54, 1.807) is 23.1 Å². The van der Waals surface area contributed by atoms with Crippen molar-refractivity contribution in [1.82, 2.24) is 20.1 Å². The van der Waals surface area contributed by atoms with Crippen LogP contribution in [0, 0.1) is 0 Å². The Morgan fingerprint density at radius 2 is 1.90 bits per heavy atom. The lowest BCUT2D eigenvalue weighted by atomic mass is 10.0. The van der Waals surface area contributed by atoms with Gasteiger partial charge in [-0.1, -0.05) is 0 Å². The van der Waals surface area contributed by atoms with Gasteiger partial charge in [0.1, 0.15) is 5.82 Å². The van der Waals surface area contributed by atoms with Gasteiger partial charge in [0.25, 0.3) is 5.91 Å². The van der Waals surface area contributed by atoms with Crippen molar-refractivity contribution in [1.29, 1.82) is 0 Å². The first-order valence-electron chi connectivity index (χ1n) is 9.81. The van der Waals surface area contributed by atoms with Gasteiger partial charge in [0.05, 0.1) is 31.0 Å². The molecule has 0 unspecified atom stereocenters. The average molecular weight is 429 g/mol. The van der Waals surface area contributed by atoms with Crippen molar-refractivity contribution in [2.75, 3.05) is 5.73 Å². The molecule has 1 saturated carbocycles. The molecule has 2 N–H and O–H groups in total. The zero-order valence-corrected chi connectivity index (χ0v) is 16.3. The summed E-state index contributed by atoms with van der Waals surface area (Å²) in [6.45, 7) is 0.890. The molecular weight excluding hydrogens is 411 g/mol. The lowest BCUT2D eigenvalue weighted by molar-refractivity contribution is -0.141. The Balaban J connectivity index is 1.44. The number of pyridine rings is 1. The summed E-state index contributed by atoms with van der Waals surface area (Å²) < 4.78 is 43.7. The van der Waals surface area contributed by atoms with E-state index >= 15 is 0 Å². The Hall–Kier alpha value is -3.27. The fourth-order valence-corrected chi connectivity index (χ4v) is 3.79. The fraction of sp³-hybridized carbons (Fsp3) is 0.333. The first kappa shape index (κ1) is 19.7. The number of rotatable bonds is 4. The number of nitrogen functional groups attached to an aromatic ring is 1. The van der Waals surface area contributed by atoms with Gasteiger partial charge in [-0.05, 0) is 48.7 Å². The summed E-state index contributed by atoms with van der Waals surface area (Å²) in [5.74, 6) is 0.218. The summed E-state index contributed by atoms with van der Waals surface area (Å²) in [4.78, 5) is 19.3. The van der Waals surface area contributed by atoms with E-state index in [1.165, 1.54) is 6.07 Å². The van der Waals surface area contributed by atoms with Gasteiger partial charge in [-0.3, -0.25) is 4.79 Å². The number of nitrogens with zero attached hydrogens (tertiary/aromatic N) is 4. The van der Waals surface area contributed by atoms with Crippen molar-refractivity contribution in [3.05, 3.63) is 58.4 Å². The lowest BCUT2D eigenvalue weighted by Crippen LogP contribution is -2.33. The van der Waals surface area contributed by atoms with E-state index in [0.717, 1.165) is 35.4 Å². The molecule has 2 aromatic heterocycles. The fourth-order valence-electron chi connectivity index (χ4n) is 3.79. The van der Waals surface area contributed by atoms with Crippen LogP contribution in [-0.2, 0) is 30.7 Å². The second kappa shape index (κ2) is 7.16. The van der Waals surface area contributed by atoms with Gasteiger partial charge in [-0.2, -0.15) is 18.3 Å². The molecule has 1 aromatic carbocycles. The number of amides is 1. The predicted octanol–water partition coefficient (Wildman–Crippen LogP) is 3.46. The number of alkyl halides is 3. The second-order valence-electron chi connectivity index (χ2n) is 7.75. The minimum Gasteiger partial charge on any atom is -0.383 e. The first-order valence-corrected chi connectivity index (χ1v) is 9.81. The third kappa shape index (κ3) is 3.67. The molecule has 1 fully saturated rings. The van der Waals surface area contributed by atoms with E-state index < -0.39 is 11.9 Å². The third-order valence-corrected chi connectivity index (χ3v) is 5.57. The Bertz CT molecular complexity index is 1180. The molecule has 0 atom stereocenters. The first-order chi connectivity index (χ1) is 14.8. The maximum absolute atomic E-state index is 13.3. The number of aromatic nitrogens is 3. The summed E-state index contributed by atoms with van der Waals surface area (Å²) in [6, 6.07) is 7.40. The smallest absolute Gasteiger partial charge is 0.383 e. The number of halogens is 3. The predicted molar refractivity (Wildman–Crippen MR) is 105 cm³/mol. The number of fused-ring (bicyclic) bond motifs is 3. The van der Waals surface area contributed by atoms with Crippen molar-refractivity contribution in [2.24, 2.45) is 0 Å². The molecule has 1 amide bonds. The molecule has 160 valence electrons. The highest BCUT2D eigenvalue weighted by Gasteiger charge is 2.35. The lowest BCUT2D eigenvalue weighted by Gasteiger charge is -2.22. The highest BCUT2D eigenvalue weighted by Crippen LogP contribution is 2.34. The largest absolute Gasteiger partial charge is 0.435 e. The molecule has 3 aromatic rings. The van der Waals surface area contributed by atoms with Crippen LogP contribution < -0.4 is 5.73 Å². The molecule has 3 heterocycles. The molecule has 1 aliphatic heterocycles. The molecule has 10 heteroatoms. The van der Waals surface area contributed by atoms with Gasteiger partial charge in [0.2, 0.25) is 0 Å². The molecule has 5 rings (SSSR count). The molecular formula is C21H18F3N5O2. The van der Waals surface area contributed by atoms with Crippen molar-refractivity contribution < 1.29 is 22.7 Å². The maximum Gasteiger partial charge on any atom is 0.435 e. The Kier molecular flexibility index (Phi) is 4.54.